The topological polar surface area (TPSA) is 72.9 Å². The average molecular weight is 327 g/mol. The molecule has 1 aromatic heterocycles. The average Bonchev–Trinajstić information content (AvgIpc) is 2.86. The zero-order chi connectivity index (χ0) is 15.0. The quantitative estimate of drug-likeness (QED) is 0.896. The minimum atomic E-state index is 0. The molecule has 1 aromatic rings. The van der Waals surface area contributed by atoms with E-state index in [4.69, 9.17) is 5.73 Å². The second-order valence-electron chi connectivity index (χ2n) is 6.94. The molecule has 2 atom stereocenters. The predicted molar refractivity (Wildman–Crippen MR) is 90.0 cm³/mol. The highest BCUT2D eigenvalue weighted by Crippen LogP contribution is 2.42. The van der Waals surface area contributed by atoms with Crippen molar-refractivity contribution in [1.29, 1.82) is 0 Å². The maximum absolute atomic E-state index is 12.6. The first-order valence-corrected chi connectivity index (χ1v) is 8.16. The smallest absolute Gasteiger partial charge is 0.228 e. The minimum absolute atomic E-state index is 0. The van der Waals surface area contributed by atoms with Crippen LogP contribution in [0.2, 0.25) is 0 Å². The van der Waals surface area contributed by atoms with E-state index >= 15 is 0 Å². The monoisotopic (exact) mass is 326 g/mol. The minimum Gasteiger partial charge on any atom is -0.327 e. The first-order chi connectivity index (χ1) is 10.1. The molecule has 2 unspecified atom stereocenters. The Morgan fingerprint density at radius 1 is 1.36 bits per heavy atom. The zero-order valence-electron chi connectivity index (χ0n) is 13.4. The van der Waals surface area contributed by atoms with Crippen molar-refractivity contribution in [3.05, 3.63) is 12.3 Å². The summed E-state index contributed by atoms with van der Waals surface area (Å²) in [5.74, 6) is 2.11. The number of halogens is 1. The molecule has 3 N–H and O–H groups in total. The van der Waals surface area contributed by atoms with Gasteiger partial charge in [-0.15, -0.1) is 12.4 Å². The molecule has 0 aromatic carbocycles. The maximum Gasteiger partial charge on any atom is 0.228 e. The molecular weight excluding hydrogens is 300 g/mol. The van der Waals surface area contributed by atoms with Crippen molar-refractivity contribution in [2.75, 3.05) is 5.32 Å². The molecule has 5 nitrogen and oxygen atoms in total. The van der Waals surface area contributed by atoms with Gasteiger partial charge in [0.1, 0.15) is 5.82 Å². The number of rotatable bonds is 3. The zero-order valence-corrected chi connectivity index (χ0v) is 14.2. The fourth-order valence-corrected chi connectivity index (χ4v) is 4.06. The van der Waals surface area contributed by atoms with E-state index in [1.165, 1.54) is 19.3 Å². The van der Waals surface area contributed by atoms with E-state index in [0.717, 1.165) is 18.7 Å². The van der Waals surface area contributed by atoms with Crippen molar-refractivity contribution in [2.24, 2.45) is 23.5 Å². The van der Waals surface area contributed by atoms with Crippen LogP contribution in [0.1, 0.15) is 52.0 Å². The molecule has 3 rings (SSSR count). The summed E-state index contributed by atoms with van der Waals surface area (Å²) in [5.41, 5.74) is 6.30. The van der Waals surface area contributed by atoms with Gasteiger partial charge in [-0.05, 0) is 51.4 Å². The Balaban J connectivity index is 0.00000176. The van der Waals surface area contributed by atoms with Crippen LogP contribution in [0, 0.1) is 17.8 Å². The van der Waals surface area contributed by atoms with Crippen LogP contribution in [0.3, 0.4) is 0 Å². The summed E-state index contributed by atoms with van der Waals surface area (Å²) in [4.78, 5) is 12.6. The molecular formula is C16H27ClN4O. The third-order valence-corrected chi connectivity index (χ3v) is 5.19. The van der Waals surface area contributed by atoms with Gasteiger partial charge in [-0.3, -0.25) is 4.79 Å². The Morgan fingerprint density at radius 2 is 2.00 bits per heavy atom. The summed E-state index contributed by atoms with van der Waals surface area (Å²) in [6, 6.07) is 2.42. The van der Waals surface area contributed by atoms with Gasteiger partial charge in [0.05, 0.1) is 6.20 Å². The molecule has 1 amide bonds. The number of fused-ring (bicyclic) bond motifs is 2. The predicted octanol–water partition coefficient (Wildman–Crippen LogP) is 2.98. The molecule has 2 fully saturated rings. The Kier molecular flexibility index (Phi) is 5.50. The van der Waals surface area contributed by atoms with Gasteiger partial charge in [-0.25, -0.2) is 4.68 Å². The lowest BCUT2D eigenvalue weighted by Gasteiger charge is -2.43. The molecule has 0 aliphatic heterocycles. The summed E-state index contributed by atoms with van der Waals surface area (Å²) in [7, 11) is 0. The fourth-order valence-electron chi connectivity index (χ4n) is 4.06. The third kappa shape index (κ3) is 3.30. The number of amides is 1. The van der Waals surface area contributed by atoms with Crippen LogP contribution in [0.15, 0.2) is 12.3 Å². The molecule has 0 radical (unpaired) electrons. The van der Waals surface area contributed by atoms with E-state index in [-0.39, 0.29) is 30.3 Å². The van der Waals surface area contributed by atoms with Crippen molar-refractivity contribution in [3.63, 3.8) is 0 Å². The van der Waals surface area contributed by atoms with Gasteiger partial charge < -0.3 is 11.1 Å². The number of nitrogens with two attached hydrogens (primary N) is 1. The number of aromatic nitrogens is 2. The Labute approximate surface area is 138 Å². The van der Waals surface area contributed by atoms with E-state index in [1.54, 1.807) is 6.20 Å². The van der Waals surface area contributed by atoms with Gasteiger partial charge in [-0.2, -0.15) is 5.10 Å². The van der Waals surface area contributed by atoms with Crippen LogP contribution < -0.4 is 11.1 Å². The lowest BCUT2D eigenvalue weighted by atomic mass is 9.65. The van der Waals surface area contributed by atoms with E-state index in [1.807, 2.05) is 10.7 Å². The molecule has 124 valence electrons. The molecule has 2 bridgehead atoms. The molecule has 6 heteroatoms. The van der Waals surface area contributed by atoms with Crippen LogP contribution >= 0.6 is 12.4 Å². The second kappa shape index (κ2) is 7.01. The molecule has 2 saturated carbocycles. The molecule has 0 saturated heterocycles. The van der Waals surface area contributed by atoms with E-state index in [9.17, 15) is 4.79 Å². The van der Waals surface area contributed by atoms with Crippen molar-refractivity contribution in [2.45, 2.75) is 58.0 Å². The number of hydrogen-bond donors (Lipinski definition) is 2. The van der Waals surface area contributed by atoms with Crippen LogP contribution in [0.25, 0.3) is 0 Å². The van der Waals surface area contributed by atoms with Gasteiger partial charge in [0.25, 0.3) is 0 Å². The van der Waals surface area contributed by atoms with Gasteiger partial charge in [0, 0.05) is 24.1 Å². The Bertz CT molecular complexity index is 502. The Hall–Kier alpha value is -1.07. The summed E-state index contributed by atoms with van der Waals surface area (Å²) in [5, 5.41) is 7.33. The normalized spacial score (nSPS) is 30.7. The van der Waals surface area contributed by atoms with Crippen LogP contribution in [-0.2, 0) is 4.79 Å². The number of carbonyl (C=O) groups is 1. The van der Waals surface area contributed by atoms with Crippen LogP contribution in [0.4, 0.5) is 5.82 Å². The summed E-state index contributed by atoms with van der Waals surface area (Å²) in [6.07, 6.45) is 7.27. The van der Waals surface area contributed by atoms with Gasteiger partial charge in [0.2, 0.25) is 5.91 Å². The number of carbonyl (C=O) groups excluding carboxylic acids is 1. The van der Waals surface area contributed by atoms with Crippen molar-refractivity contribution in [1.82, 2.24) is 9.78 Å². The van der Waals surface area contributed by atoms with Gasteiger partial charge in [-0.1, -0.05) is 6.42 Å². The maximum atomic E-state index is 12.6. The number of hydrogen-bond acceptors (Lipinski definition) is 3. The van der Waals surface area contributed by atoms with Crippen LogP contribution in [0.5, 0.6) is 0 Å². The molecule has 2 aliphatic carbocycles. The molecule has 22 heavy (non-hydrogen) atoms. The van der Waals surface area contributed by atoms with Crippen molar-refractivity contribution >= 4 is 24.1 Å². The van der Waals surface area contributed by atoms with E-state index in [0.29, 0.717) is 17.9 Å². The van der Waals surface area contributed by atoms with Gasteiger partial charge >= 0.3 is 0 Å². The van der Waals surface area contributed by atoms with Crippen molar-refractivity contribution < 1.29 is 4.79 Å². The first kappa shape index (κ1) is 17.3. The molecule has 1 heterocycles. The summed E-state index contributed by atoms with van der Waals surface area (Å²) in [6.45, 7) is 4.12. The summed E-state index contributed by atoms with van der Waals surface area (Å²) >= 11 is 0. The van der Waals surface area contributed by atoms with Crippen LogP contribution in [-0.4, -0.2) is 21.7 Å². The second-order valence-corrected chi connectivity index (χ2v) is 6.94. The van der Waals surface area contributed by atoms with E-state index in [2.05, 4.69) is 24.3 Å². The van der Waals surface area contributed by atoms with Gasteiger partial charge in [0.15, 0.2) is 0 Å². The number of nitrogens with zero attached hydrogens (tertiary/aromatic N) is 2. The van der Waals surface area contributed by atoms with E-state index < -0.39 is 0 Å². The van der Waals surface area contributed by atoms with Crippen molar-refractivity contribution in [3.8, 4) is 0 Å². The largest absolute Gasteiger partial charge is 0.327 e. The summed E-state index contributed by atoms with van der Waals surface area (Å²) < 4.78 is 1.85. The lowest BCUT2D eigenvalue weighted by Crippen LogP contribution is -2.48. The first-order valence-electron chi connectivity index (χ1n) is 8.16. The standard InChI is InChI=1S/C16H26N4O.ClH/c1-10(2)20-14(6-7-18-20)19-16(21)13-8-11-4-3-5-12(9-13)15(11)17;/h6-7,10-13,15H,3-5,8-9,17H2,1-2H3,(H,19,21);1H. The lowest BCUT2D eigenvalue weighted by molar-refractivity contribution is -0.122. The highest BCUT2D eigenvalue weighted by atomic mass is 35.5. The fraction of sp³-hybridized carbons (Fsp3) is 0.750. The Morgan fingerprint density at radius 3 is 2.59 bits per heavy atom. The number of nitrogens with one attached hydrogen (secondary N) is 1. The molecule has 2 aliphatic rings. The highest BCUT2D eigenvalue weighted by Gasteiger charge is 2.40. The third-order valence-electron chi connectivity index (χ3n) is 5.19. The molecule has 0 spiro atoms. The highest BCUT2D eigenvalue weighted by molar-refractivity contribution is 5.91. The SMILES string of the molecule is CC(C)n1nccc1NC(=O)C1CC2CCCC(C1)C2N.Cl. The number of anilines is 1.